The van der Waals surface area contributed by atoms with Crippen LogP contribution in [-0.4, -0.2) is 6.26 Å². The van der Waals surface area contributed by atoms with Crippen LogP contribution in [0.3, 0.4) is 0 Å². The molecule has 2 aromatic rings. The maximum atomic E-state index is 12.9. The smallest absolute Gasteiger partial charge is 0.124 e. The standard InChI is InChI=1S/C14H13BrFNS/c1-18-12-5-2-10(3-6-12)9-17-14-7-4-11(16)8-13(14)15/h2-8,17H,9H2,1H3. The number of rotatable bonds is 4. The molecule has 0 unspecified atom stereocenters. The van der Waals surface area contributed by atoms with E-state index in [0.29, 0.717) is 0 Å². The molecule has 0 heterocycles. The van der Waals surface area contributed by atoms with Crippen molar-refractivity contribution in [1.82, 2.24) is 0 Å². The lowest BCUT2D eigenvalue weighted by Crippen LogP contribution is -2.00. The Balaban J connectivity index is 2.02. The zero-order valence-electron chi connectivity index (χ0n) is 9.91. The van der Waals surface area contributed by atoms with Crippen LogP contribution in [-0.2, 0) is 6.54 Å². The van der Waals surface area contributed by atoms with Gasteiger partial charge in [-0.1, -0.05) is 12.1 Å². The van der Waals surface area contributed by atoms with Crippen LogP contribution in [0.15, 0.2) is 51.8 Å². The number of halogens is 2. The van der Waals surface area contributed by atoms with Gasteiger partial charge in [-0.2, -0.15) is 0 Å². The second-order valence-corrected chi connectivity index (χ2v) is 5.56. The summed E-state index contributed by atoms with van der Waals surface area (Å²) in [6.45, 7) is 0.721. The Bertz CT molecular complexity index is 528. The van der Waals surface area contributed by atoms with E-state index in [1.165, 1.54) is 22.6 Å². The first-order chi connectivity index (χ1) is 8.69. The van der Waals surface area contributed by atoms with Crippen LogP contribution in [0.2, 0.25) is 0 Å². The third-order valence-corrected chi connectivity index (χ3v) is 3.97. The SMILES string of the molecule is CSc1ccc(CNc2ccc(F)cc2Br)cc1. The van der Waals surface area contributed by atoms with Gasteiger partial charge >= 0.3 is 0 Å². The van der Waals surface area contributed by atoms with Crippen molar-refractivity contribution in [2.45, 2.75) is 11.4 Å². The minimum Gasteiger partial charge on any atom is -0.380 e. The quantitative estimate of drug-likeness (QED) is 0.800. The molecular weight excluding hydrogens is 313 g/mol. The van der Waals surface area contributed by atoms with Crippen molar-refractivity contribution in [3.8, 4) is 0 Å². The third-order valence-electron chi connectivity index (χ3n) is 2.57. The summed E-state index contributed by atoms with van der Waals surface area (Å²) < 4.78 is 13.7. The maximum absolute atomic E-state index is 12.9. The zero-order chi connectivity index (χ0) is 13.0. The van der Waals surface area contributed by atoms with Crippen LogP contribution in [0, 0.1) is 5.82 Å². The lowest BCUT2D eigenvalue weighted by atomic mass is 10.2. The van der Waals surface area contributed by atoms with Gasteiger partial charge in [-0.25, -0.2) is 4.39 Å². The number of benzene rings is 2. The van der Waals surface area contributed by atoms with Crippen molar-refractivity contribution in [3.63, 3.8) is 0 Å². The van der Waals surface area contributed by atoms with Gasteiger partial charge in [0.2, 0.25) is 0 Å². The van der Waals surface area contributed by atoms with Crippen LogP contribution in [0.25, 0.3) is 0 Å². The van der Waals surface area contributed by atoms with E-state index in [1.807, 2.05) is 0 Å². The zero-order valence-corrected chi connectivity index (χ0v) is 12.3. The van der Waals surface area contributed by atoms with Crippen molar-refractivity contribution in [1.29, 1.82) is 0 Å². The molecule has 2 rings (SSSR count). The monoisotopic (exact) mass is 325 g/mol. The highest BCUT2D eigenvalue weighted by Crippen LogP contribution is 2.24. The Labute approximate surface area is 119 Å². The van der Waals surface area contributed by atoms with Crippen molar-refractivity contribution in [2.75, 3.05) is 11.6 Å². The largest absolute Gasteiger partial charge is 0.380 e. The summed E-state index contributed by atoms with van der Waals surface area (Å²) in [7, 11) is 0. The molecule has 0 radical (unpaired) electrons. The molecule has 2 aromatic carbocycles. The molecular formula is C14H13BrFNS. The summed E-state index contributed by atoms with van der Waals surface area (Å²) in [5, 5.41) is 3.27. The number of anilines is 1. The Morgan fingerprint density at radius 2 is 1.89 bits per heavy atom. The Kier molecular flexibility index (Phi) is 4.66. The first kappa shape index (κ1) is 13.4. The predicted octanol–water partition coefficient (Wildman–Crippen LogP) is 4.92. The van der Waals surface area contributed by atoms with E-state index in [2.05, 4.69) is 51.8 Å². The molecule has 0 saturated heterocycles. The topological polar surface area (TPSA) is 12.0 Å². The van der Waals surface area contributed by atoms with E-state index >= 15 is 0 Å². The van der Waals surface area contributed by atoms with Gasteiger partial charge in [-0.05, 0) is 58.1 Å². The van der Waals surface area contributed by atoms with Crippen LogP contribution in [0.1, 0.15) is 5.56 Å². The van der Waals surface area contributed by atoms with Gasteiger partial charge in [0.15, 0.2) is 0 Å². The summed E-state index contributed by atoms with van der Waals surface area (Å²) in [4.78, 5) is 1.25. The fourth-order valence-corrected chi connectivity index (χ4v) is 2.47. The first-order valence-electron chi connectivity index (χ1n) is 5.51. The van der Waals surface area contributed by atoms with Gasteiger partial charge in [-0.3, -0.25) is 0 Å². The molecule has 0 atom stereocenters. The fraction of sp³-hybridized carbons (Fsp3) is 0.143. The van der Waals surface area contributed by atoms with Gasteiger partial charge in [0.25, 0.3) is 0 Å². The molecule has 0 aliphatic rings. The van der Waals surface area contributed by atoms with Crippen molar-refractivity contribution < 1.29 is 4.39 Å². The fourth-order valence-electron chi connectivity index (χ4n) is 1.57. The second kappa shape index (κ2) is 6.25. The molecule has 1 N–H and O–H groups in total. The van der Waals surface area contributed by atoms with E-state index in [0.717, 1.165) is 16.7 Å². The van der Waals surface area contributed by atoms with E-state index in [4.69, 9.17) is 0 Å². The van der Waals surface area contributed by atoms with Crippen LogP contribution in [0.5, 0.6) is 0 Å². The average molecular weight is 326 g/mol. The summed E-state index contributed by atoms with van der Waals surface area (Å²) >= 11 is 5.06. The molecule has 0 fully saturated rings. The highest BCUT2D eigenvalue weighted by Gasteiger charge is 2.01. The summed E-state index contributed by atoms with van der Waals surface area (Å²) in [5.74, 6) is -0.239. The second-order valence-electron chi connectivity index (χ2n) is 3.83. The highest BCUT2D eigenvalue weighted by atomic mass is 79.9. The molecule has 0 aromatic heterocycles. The Morgan fingerprint density at radius 1 is 1.17 bits per heavy atom. The molecule has 0 bridgehead atoms. The molecule has 0 aliphatic heterocycles. The van der Waals surface area contributed by atoms with Gasteiger partial charge < -0.3 is 5.32 Å². The van der Waals surface area contributed by atoms with Crippen molar-refractivity contribution in [2.24, 2.45) is 0 Å². The first-order valence-corrected chi connectivity index (χ1v) is 7.52. The molecule has 4 heteroatoms. The predicted molar refractivity (Wildman–Crippen MR) is 79.6 cm³/mol. The number of nitrogens with one attached hydrogen (secondary N) is 1. The van der Waals surface area contributed by atoms with Gasteiger partial charge in [0.1, 0.15) is 5.82 Å². The van der Waals surface area contributed by atoms with Crippen LogP contribution >= 0.6 is 27.7 Å². The normalized spacial score (nSPS) is 10.4. The number of thioether (sulfide) groups is 1. The minimum absolute atomic E-state index is 0.239. The molecule has 94 valence electrons. The summed E-state index contributed by atoms with van der Waals surface area (Å²) in [6.07, 6.45) is 2.06. The van der Waals surface area contributed by atoms with Gasteiger partial charge in [-0.15, -0.1) is 11.8 Å². The van der Waals surface area contributed by atoms with Gasteiger partial charge in [0.05, 0.1) is 0 Å². The minimum atomic E-state index is -0.239. The Hall–Kier alpha value is -1.000. The molecule has 0 amide bonds. The van der Waals surface area contributed by atoms with Crippen molar-refractivity contribution in [3.05, 3.63) is 58.3 Å². The van der Waals surface area contributed by atoms with Crippen LogP contribution in [0.4, 0.5) is 10.1 Å². The van der Waals surface area contributed by atoms with E-state index in [-0.39, 0.29) is 5.82 Å². The summed E-state index contributed by atoms with van der Waals surface area (Å²) in [6, 6.07) is 13.0. The highest BCUT2D eigenvalue weighted by molar-refractivity contribution is 9.10. The lowest BCUT2D eigenvalue weighted by molar-refractivity contribution is 0.627. The van der Waals surface area contributed by atoms with Crippen LogP contribution < -0.4 is 5.32 Å². The van der Waals surface area contributed by atoms with E-state index in [1.54, 1.807) is 17.8 Å². The Morgan fingerprint density at radius 3 is 2.50 bits per heavy atom. The molecule has 1 nitrogen and oxygen atoms in total. The number of hydrogen-bond acceptors (Lipinski definition) is 2. The van der Waals surface area contributed by atoms with E-state index < -0.39 is 0 Å². The van der Waals surface area contributed by atoms with E-state index in [9.17, 15) is 4.39 Å². The average Bonchev–Trinajstić information content (AvgIpc) is 2.38. The number of hydrogen-bond donors (Lipinski definition) is 1. The lowest BCUT2D eigenvalue weighted by Gasteiger charge is -2.09. The van der Waals surface area contributed by atoms with Crippen molar-refractivity contribution >= 4 is 33.4 Å². The molecule has 18 heavy (non-hydrogen) atoms. The third kappa shape index (κ3) is 3.50. The summed E-state index contributed by atoms with van der Waals surface area (Å²) in [5.41, 5.74) is 2.09. The molecule has 0 aliphatic carbocycles. The maximum Gasteiger partial charge on any atom is 0.124 e. The molecule has 0 spiro atoms. The van der Waals surface area contributed by atoms with Gasteiger partial charge in [0, 0.05) is 21.6 Å². The molecule has 0 saturated carbocycles.